The highest BCUT2D eigenvalue weighted by molar-refractivity contribution is 14.1. The molecule has 180 valence electrons. The average Bonchev–Trinajstić information content (AvgIpc) is 2.83. The van der Waals surface area contributed by atoms with Crippen molar-refractivity contribution in [2.75, 3.05) is 0 Å². The van der Waals surface area contributed by atoms with Crippen LogP contribution in [-0.4, -0.2) is 22.9 Å². The lowest BCUT2D eigenvalue weighted by atomic mass is 10.00. The number of hydrogen-bond acceptors (Lipinski definition) is 5. The maximum atomic E-state index is 12.9. The van der Waals surface area contributed by atoms with Gasteiger partial charge in [-0.2, -0.15) is 5.26 Å². The second kappa shape index (κ2) is 11.0. The summed E-state index contributed by atoms with van der Waals surface area (Å²) in [5, 5.41) is 13.0. The third kappa shape index (κ3) is 5.42. The van der Waals surface area contributed by atoms with Crippen molar-refractivity contribution in [3.63, 3.8) is 0 Å². The maximum Gasteiger partial charge on any atom is 0.333 e. The van der Waals surface area contributed by atoms with Crippen LogP contribution in [0.5, 0.6) is 5.75 Å². The number of fused-ring (bicyclic) bond motifs is 1. The summed E-state index contributed by atoms with van der Waals surface area (Å²) in [6, 6.07) is 16.1. The van der Waals surface area contributed by atoms with E-state index in [-0.39, 0.29) is 21.4 Å². The summed E-state index contributed by atoms with van der Waals surface area (Å²) < 4.78 is 6.40. The minimum atomic E-state index is -0.997. The molecule has 0 unspecified atom stereocenters. The Labute approximate surface area is 235 Å². The van der Waals surface area contributed by atoms with Crippen LogP contribution >= 0.6 is 57.4 Å². The van der Waals surface area contributed by atoms with Gasteiger partial charge in [0.1, 0.15) is 11.8 Å². The lowest BCUT2D eigenvalue weighted by Crippen LogP contribution is -2.41. The largest absolute Gasteiger partial charge is 0.424 e. The van der Waals surface area contributed by atoms with E-state index in [4.69, 9.17) is 44.8 Å². The molecule has 1 heterocycles. The summed E-state index contributed by atoms with van der Waals surface area (Å²) in [7, 11) is 0. The van der Waals surface area contributed by atoms with E-state index in [0.29, 0.717) is 32.6 Å². The number of benzene rings is 3. The Morgan fingerprint density at radius 1 is 1.03 bits per heavy atom. The Balaban J connectivity index is 1.60. The zero-order valence-corrected chi connectivity index (χ0v) is 22.9. The number of carbonyl (C=O) groups excluding carboxylic acids is 2. The van der Waals surface area contributed by atoms with Gasteiger partial charge in [0.25, 0.3) is 5.91 Å². The smallest absolute Gasteiger partial charge is 0.333 e. The van der Waals surface area contributed by atoms with Gasteiger partial charge in [-0.05, 0) is 78.0 Å². The summed E-state index contributed by atoms with van der Waals surface area (Å²) in [5.74, 6) is -1.01. The van der Waals surface area contributed by atoms with Crippen LogP contribution in [0.3, 0.4) is 0 Å². The molecule has 10 heteroatoms. The first-order chi connectivity index (χ1) is 17.2. The van der Waals surface area contributed by atoms with Crippen molar-refractivity contribution in [1.82, 2.24) is 10.3 Å². The minimum absolute atomic E-state index is 0.0803. The van der Waals surface area contributed by atoms with Gasteiger partial charge in [0, 0.05) is 31.3 Å². The second-order valence-corrected chi connectivity index (χ2v) is 10.1. The quantitative estimate of drug-likeness (QED) is 0.142. The number of esters is 1. The molecule has 0 fully saturated rings. The van der Waals surface area contributed by atoms with Crippen molar-refractivity contribution in [1.29, 1.82) is 5.26 Å². The van der Waals surface area contributed by atoms with E-state index in [1.54, 1.807) is 60.8 Å². The number of nitrogens with one attached hydrogen (secondary N) is 1. The van der Waals surface area contributed by atoms with Crippen molar-refractivity contribution in [3.8, 4) is 22.9 Å². The Bertz CT molecular complexity index is 1550. The number of nitrogens with zero attached hydrogens (tertiary/aromatic N) is 2. The molecule has 1 aromatic heterocycles. The second-order valence-electron chi connectivity index (χ2n) is 7.68. The normalized spacial score (nSPS) is 11.6. The van der Waals surface area contributed by atoms with E-state index in [0.717, 1.165) is 3.57 Å². The molecule has 0 saturated carbocycles. The summed E-state index contributed by atoms with van der Waals surface area (Å²) in [6.45, 7) is 1.50. The fraction of sp³-hybridized carbons (Fsp3) is 0.0769. The van der Waals surface area contributed by atoms with Crippen LogP contribution in [0.15, 0.2) is 60.8 Å². The molecule has 0 saturated heterocycles. The first-order valence-electron chi connectivity index (χ1n) is 10.4. The summed E-state index contributed by atoms with van der Waals surface area (Å²) >= 11 is 20.8. The number of halogens is 4. The maximum absolute atomic E-state index is 12.9. The van der Waals surface area contributed by atoms with Gasteiger partial charge in [-0.25, -0.2) is 4.79 Å². The van der Waals surface area contributed by atoms with Crippen LogP contribution in [0, 0.1) is 14.9 Å². The molecule has 0 spiro atoms. The van der Waals surface area contributed by atoms with Crippen LogP contribution in [-0.2, 0) is 4.79 Å². The molecular weight excluding hydrogens is 636 g/mol. The topological polar surface area (TPSA) is 92.1 Å². The number of amides is 1. The van der Waals surface area contributed by atoms with Crippen LogP contribution in [0.4, 0.5) is 0 Å². The first kappa shape index (κ1) is 26.2. The SMILES string of the molecule is C[C@H](NC(=O)c1c(Cl)cc(I)cc1Cl)C(=O)Oc1ccc(-c2ccc(C#N)cc2Cl)c2ncccc12. The van der Waals surface area contributed by atoms with Gasteiger partial charge >= 0.3 is 5.97 Å². The third-order valence-corrected chi connectivity index (χ3v) is 6.80. The van der Waals surface area contributed by atoms with Crippen molar-refractivity contribution in [3.05, 3.63) is 90.6 Å². The predicted molar refractivity (Wildman–Crippen MR) is 149 cm³/mol. The van der Waals surface area contributed by atoms with E-state index in [1.165, 1.54) is 6.92 Å². The van der Waals surface area contributed by atoms with E-state index >= 15 is 0 Å². The molecule has 0 aliphatic rings. The molecule has 1 N–H and O–H groups in total. The molecule has 3 aromatic carbocycles. The fourth-order valence-corrected chi connectivity index (χ4v) is 5.47. The van der Waals surface area contributed by atoms with E-state index in [2.05, 4.69) is 16.4 Å². The summed E-state index contributed by atoms with van der Waals surface area (Å²) in [5.41, 5.74) is 2.48. The summed E-state index contributed by atoms with van der Waals surface area (Å²) in [6.07, 6.45) is 1.62. The molecule has 1 atom stereocenters. The molecular formula is C26H15Cl3IN3O3. The number of ether oxygens (including phenoxy) is 1. The number of aromatic nitrogens is 1. The number of pyridine rings is 1. The van der Waals surface area contributed by atoms with E-state index in [9.17, 15) is 9.59 Å². The number of carbonyl (C=O) groups is 2. The van der Waals surface area contributed by atoms with Crippen molar-refractivity contribution in [2.45, 2.75) is 13.0 Å². The van der Waals surface area contributed by atoms with Crippen LogP contribution in [0.1, 0.15) is 22.8 Å². The highest BCUT2D eigenvalue weighted by Gasteiger charge is 2.23. The van der Waals surface area contributed by atoms with Gasteiger partial charge in [0.15, 0.2) is 0 Å². The predicted octanol–water partition coefficient (Wildman–Crippen LogP) is 7.06. The zero-order valence-electron chi connectivity index (χ0n) is 18.5. The van der Waals surface area contributed by atoms with Crippen molar-refractivity contribution >= 4 is 80.2 Å². The average molecular weight is 651 g/mol. The lowest BCUT2D eigenvalue weighted by Gasteiger charge is -2.16. The molecule has 1 amide bonds. The Morgan fingerprint density at radius 2 is 1.72 bits per heavy atom. The lowest BCUT2D eigenvalue weighted by molar-refractivity contribution is -0.136. The van der Waals surface area contributed by atoms with E-state index in [1.807, 2.05) is 22.6 Å². The van der Waals surface area contributed by atoms with Crippen LogP contribution < -0.4 is 10.1 Å². The summed E-state index contributed by atoms with van der Waals surface area (Å²) in [4.78, 5) is 30.0. The standard InChI is InChI=1S/C26H15Cl3IN3O3/c1-13(33-25(34)23-20(28)10-15(30)11-21(23)29)26(35)36-22-7-6-17(24-18(22)3-2-8-32-24)16-5-4-14(12-31)9-19(16)27/h2-11,13H,1H3,(H,33,34)/t13-/m0/s1. The van der Waals surface area contributed by atoms with Crippen LogP contribution in [0.2, 0.25) is 15.1 Å². The van der Waals surface area contributed by atoms with Gasteiger partial charge in [0.05, 0.1) is 32.8 Å². The van der Waals surface area contributed by atoms with Crippen molar-refractivity contribution < 1.29 is 14.3 Å². The Kier molecular flexibility index (Phi) is 8.00. The van der Waals surface area contributed by atoms with Gasteiger partial charge in [-0.1, -0.05) is 40.9 Å². The minimum Gasteiger partial charge on any atom is -0.424 e. The number of nitriles is 1. The molecule has 4 rings (SSSR count). The van der Waals surface area contributed by atoms with Crippen LogP contribution in [0.25, 0.3) is 22.0 Å². The molecule has 0 aliphatic carbocycles. The molecule has 6 nitrogen and oxygen atoms in total. The van der Waals surface area contributed by atoms with Gasteiger partial charge in [0.2, 0.25) is 0 Å². The Hall–Kier alpha value is -2.90. The van der Waals surface area contributed by atoms with Crippen molar-refractivity contribution in [2.24, 2.45) is 0 Å². The highest BCUT2D eigenvalue weighted by Crippen LogP contribution is 2.37. The molecule has 0 bridgehead atoms. The number of hydrogen-bond donors (Lipinski definition) is 1. The Morgan fingerprint density at radius 3 is 2.39 bits per heavy atom. The molecule has 4 aromatic rings. The zero-order chi connectivity index (χ0) is 26.0. The highest BCUT2D eigenvalue weighted by atomic mass is 127. The molecule has 0 radical (unpaired) electrons. The van der Waals surface area contributed by atoms with Gasteiger partial charge in [-0.3, -0.25) is 9.78 Å². The van der Waals surface area contributed by atoms with Gasteiger partial charge < -0.3 is 10.1 Å². The number of rotatable bonds is 5. The fourth-order valence-electron chi connectivity index (χ4n) is 3.54. The third-order valence-electron chi connectivity index (χ3n) is 5.26. The first-order valence-corrected chi connectivity index (χ1v) is 12.7. The molecule has 0 aliphatic heterocycles. The van der Waals surface area contributed by atoms with Gasteiger partial charge in [-0.15, -0.1) is 0 Å². The monoisotopic (exact) mass is 649 g/mol. The van der Waals surface area contributed by atoms with E-state index < -0.39 is 17.9 Å². The molecule has 36 heavy (non-hydrogen) atoms.